The molecule has 0 fully saturated rings. The van der Waals surface area contributed by atoms with E-state index in [4.69, 9.17) is 4.74 Å². The van der Waals surface area contributed by atoms with Crippen molar-refractivity contribution in [3.05, 3.63) is 72.1 Å². The molecule has 0 bridgehead atoms. The number of ether oxygens (including phenoxy) is 1. The molecule has 0 aliphatic carbocycles. The molecule has 0 amide bonds. The number of carbonyl (C=O) groups is 1. The normalized spacial score (nSPS) is 11.9. The highest BCUT2D eigenvalue weighted by atomic mass is 16.5. The number of aromatic nitrogens is 3. The highest BCUT2D eigenvalue weighted by Gasteiger charge is 2.13. The first-order valence-corrected chi connectivity index (χ1v) is 9.93. The van der Waals surface area contributed by atoms with E-state index in [9.17, 15) is 4.79 Å². The predicted octanol–water partition coefficient (Wildman–Crippen LogP) is 5.52. The Morgan fingerprint density at radius 1 is 1.04 bits per heavy atom. The number of nitrogens with zero attached hydrogens (tertiary/aromatic N) is 3. The molecule has 0 aliphatic heterocycles. The molecule has 0 N–H and O–H groups in total. The van der Waals surface area contributed by atoms with E-state index in [1.54, 1.807) is 35.1 Å². The summed E-state index contributed by atoms with van der Waals surface area (Å²) in [6, 6.07) is 16.6. The largest absolute Gasteiger partial charge is 0.457 e. The molecular weight excluding hydrogens is 350 g/mol. The maximum absolute atomic E-state index is 12.6. The minimum atomic E-state index is -0.128. The van der Waals surface area contributed by atoms with Crippen molar-refractivity contribution in [3.63, 3.8) is 0 Å². The van der Waals surface area contributed by atoms with Crippen molar-refractivity contribution in [2.45, 2.75) is 46.1 Å². The molecule has 0 spiro atoms. The van der Waals surface area contributed by atoms with Crippen molar-refractivity contribution < 1.29 is 9.53 Å². The molecule has 1 aromatic heterocycles. The van der Waals surface area contributed by atoms with Gasteiger partial charge in [0.1, 0.15) is 11.5 Å². The van der Waals surface area contributed by atoms with Gasteiger partial charge >= 0.3 is 0 Å². The first-order valence-electron chi connectivity index (χ1n) is 9.93. The molecule has 2 aromatic carbocycles. The smallest absolute Gasteiger partial charge is 0.214 e. The standard InChI is InChI=1S/C23H27N3O2/c1-3-18(2)9-7-8-16-26-17-22(24-25-26)23(27)19-12-14-21(15-13-19)28-20-10-5-4-6-11-20/h4-6,10-15,17-18H,3,7-9,16H2,1-2H3/t18-/m0/s1. The molecule has 5 heteroatoms. The molecular formula is C23H27N3O2. The quantitative estimate of drug-likeness (QED) is 0.345. The second-order valence-corrected chi connectivity index (χ2v) is 7.14. The van der Waals surface area contributed by atoms with Crippen LogP contribution in [0.5, 0.6) is 11.5 Å². The summed E-state index contributed by atoms with van der Waals surface area (Å²) in [5.41, 5.74) is 0.947. The number of unbranched alkanes of at least 4 members (excludes halogenated alkanes) is 1. The van der Waals surface area contributed by atoms with Crippen molar-refractivity contribution >= 4 is 5.78 Å². The number of para-hydroxylation sites is 1. The van der Waals surface area contributed by atoms with E-state index in [1.165, 1.54) is 19.3 Å². The lowest BCUT2D eigenvalue weighted by Gasteiger charge is -2.07. The molecule has 3 rings (SSSR count). The molecule has 1 heterocycles. The van der Waals surface area contributed by atoms with Gasteiger partial charge in [0.2, 0.25) is 5.78 Å². The Labute approximate surface area is 166 Å². The van der Waals surface area contributed by atoms with Crippen LogP contribution in [0.3, 0.4) is 0 Å². The number of hydrogen-bond acceptors (Lipinski definition) is 4. The summed E-state index contributed by atoms with van der Waals surface area (Å²) in [6.07, 6.45) is 6.40. The fraction of sp³-hybridized carbons (Fsp3) is 0.348. The molecule has 0 radical (unpaired) electrons. The first kappa shape index (κ1) is 19.8. The Kier molecular flexibility index (Phi) is 6.95. The second-order valence-electron chi connectivity index (χ2n) is 7.14. The number of aryl methyl sites for hydroxylation is 1. The van der Waals surface area contributed by atoms with Gasteiger partial charge in [-0.2, -0.15) is 0 Å². The summed E-state index contributed by atoms with van der Waals surface area (Å²) in [4.78, 5) is 12.6. The van der Waals surface area contributed by atoms with Crippen LogP contribution in [0.25, 0.3) is 0 Å². The maximum Gasteiger partial charge on any atom is 0.214 e. The van der Waals surface area contributed by atoms with E-state index < -0.39 is 0 Å². The van der Waals surface area contributed by atoms with E-state index in [0.717, 1.165) is 24.6 Å². The zero-order valence-electron chi connectivity index (χ0n) is 16.5. The van der Waals surface area contributed by atoms with Crippen molar-refractivity contribution in [1.82, 2.24) is 15.0 Å². The zero-order valence-corrected chi connectivity index (χ0v) is 16.5. The van der Waals surface area contributed by atoms with E-state index >= 15 is 0 Å². The predicted molar refractivity (Wildman–Crippen MR) is 110 cm³/mol. The number of hydrogen-bond donors (Lipinski definition) is 0. The molecule has 146 valence electrons. The van der Waals surface area contributed by atoms with Gasteiger partial charge in [-0.05, 0) is 48.7 Å². The van der Waals surface area contributed by atoms with Crippen LogP contribution in [0.4, 0.5) is 0 Å². The van der Waals surface area contributed by atoms with Gasteiger partial charge in [-0.3, -0.25) is 9.48 Å². The molecule has 3 aromatic rings. The zero-order chi connectivity index (χ0) is 19.8. The lowest BCUT2D eigenvalue weighted by Crippen LogP contribution is -2.02. The van der Waals surface area contributed by atoms with E-state index in [1.807, 2.05) is 30.3 Å². The first-order chi connectivity index (χ1) is 13.7. The SMILES string of the molecule is CC[C@H](C)CCCCn1cc(C(=O)c2ccc(Oc3ccccc3)cc2)nn1. The van der Waals surface area contributed by atoms with E-state index in [2.05, 4.69) is 24.2 Å². The highest BCUT2D eigenvalue weighted by Crippen LogP contribution is 2.22. The third-order valence-corrected chi connectivity index (χ3v) is 4.90. The van der Waals surface area contributed by atoms with Gasteiger partial charge in [0.15, 0.2) is 5.69 Å². The third kappa shape index (κ3) is 5.52. The Balaban J connectivity index is 1.54. The lowest BCUT2D eigenvalue weighted by atomic mass is 10.0. The van der Waals surface area contributed by atoms with Crippen molar-refractivity contribution in [3.8, 4) is 11.5 Å². The van der Waals surface area contributed by atoms with Crippen molar-refractivity contribution in [2.24, 2.45) is 5.92 Å². The minimum Gasteiger partial charge on any atom is -0.457 e. The molecule has 0 saturated heterocycles. The Bertz CT molecular complexity index is 872. The summed E-state index contributed by atoms with van der Waals surface area (Å²) < 4.78 is 7.52. The van der Waals surface area contributed by atoms with Crippen LogP contribution in [0.15, 0.2) is 60.8 Å². The minimum absolute atomic E-state index is 0.128. The summed E-state index contributed by atoms with van der Waals surface area (Å²) in [5.74, 6) is 2.09. The van der Waals surface area contributed by atoms with Gasteiger partial charge < -0.3 is 4.74 Å². The Morgan fingerprint density at radius 3 is 2.46 bits per heavy atom. The number of benzene rings is 2. The van der Waals surface area contributed by atoms with Crippen LogP contribution in [0.2, 0.25) is 0 Å². The lowest BCUT2D eigenvalue weighted by molar-refractivity contribution is 0.103. The van der Waals surface area contributed by atoms with Crippen LogP contribution >= 0.6 is 0 Å². The van der Waals surface area contributed by atoms with Crippen LogP contribution in [0, 0.1) is 5.92 Å². The van der Waals surface area contributed by atoms with Crippen LogP contribution in [-0.2, 0) is 6.54 Å². The fourth-order valence-corrected chi connectivity index (χ4v) is 2.93. The average molecular weight is 377 g/mol. The van der Waals surface area contributed by atoms with Gasteiger partial charge in [-0.15, -0.1) is 5.10 Å². The summed E-state index contributed by atoms with van der Waals surface area (Å²) in [7, 11) is 0. The number of rotatable bonds is 10. The summed E-state index contributed by atoms with van der Waals surface area (Å²) in [5, 5.41) is 8.14. The maximum atomic E-state index is 12.6. The monoisotopic (exact) mass is 377 g/mol. The summed E-state index contributed by atoms with van der Waals surface area (Å²) in [6.45, 7) is 5.29. The molecule has 0 saturated carbocycles. The highest BCUT2D eigenvalue weighted by molar-refractivity contribution is 6.07. The van der Waals surface area contributed by atoms with E-state index in [-0.39, 0.29) is 5.78 Å². The van der Waals surface area contributed by atoms with Gasteiger partial charge in [-0.1, -0.05) is 56.5 Å². The number of ketones is 1. The second kappa shape index (κ2) is 9.83. The number of carbonyl (C=O) groups excluding carboxylic acids is 1. The van der Waals surface area contributed by atoms with Crippen LogP contribution < -0.4 is 4.74 Å². The average Bonchev–Trinajstić information content (AvgIpc) is 3.21. The van der Waals surface area contributed by atoms with Gasteiger partial charge in [0.25, 0.3) is 0 Å². The van der Waals surface area contributed by atoms with Gasteiger partial charge in [0.05, 0.1) is 6.20 Å². The molecule has 1 atom stereocenters. The van der Waals surface area contributed by atoms with Crippen LogP contribution in [0.1, 0.15) is 55.6 Å². The third-order valence-electron chi connectivity index (χ3n) is 4.90. The molecule has 0 aliphatic rings. The fourth-order valence-electron chi connectivity index (χ4n) is 2.93. The Morgan fingerprint density at radius 2 is 1.75 bits per heavy atom. The molecule has 0 unspecified atom stereocenters. The van der Waals surface area contributed by atoms with E-state index in [0.29, 0.717) is 17.0 Å². The van der Waals surface area contributed by atoms with Gasteiger partial charge in [0, 0.05) is 12.1 Å². The topological polar surface area (TPSA) is 57.0 Å². The van der Waals surface area contributed by atoms with Crippen LogP contribution in [-0.4, -0.2) is 20.8 Å². The Hall–Kier alpha value is -2.95. The molecule has 28 heavy (non-hydrogen) atoms. The van der Waals surface area contributed by atoms with Crippen molar-refractivity contribution in [2.75, 3.05) is 0 Å². The molecule has 5 nitrogen and oxygen atoms in total. The summed E-state index contributed by atoms with van der Waals surface area (Å²) >= 11 is 0. The van der Waals surface area contributed by atoms with Gasteiger partial charge in [-0.25, -0.2) is 0 Å². The van der Waals surface area contributed by atoms with Crippen molar-refractivity contribution in [1.29, 1.82) is 0 Å².